The minimum atomic E-state index is 0.0654. The Kier molecular flexibility index (Phi) is 3.98. The second kappa shape index (κ2) is 5.53. The van der Waals surface area contributed by atoms with E-state index < -0.39 is 0 Å². The topological polar surface area (TPSA) is 36.1 Å². The number of likely N-dealkylation sites (N-methyl/N-ethyl adjacent to an activating group) is 1. The number of amides is 1. The van der Waals surface area contributed by atoms with E-state index in [2.05, 4.69) is 25.4 Å². The van der Waals surface area contributed by atoms with Crippen LogP contribution in [0.25, 0.3) is 10.9 Å². The van der Waals surface area contributed by atoms with E-state index in [0.29, 0.717) is 13.1 Å². The zero-order valence-electron chi connectivity index (χ0n) is 12.7. The Hall–Kier alpha value is -2.03. The van der Waals surface area contributed by atoms with Gasteiger partial charge in [0, 0.05) is 35.2 Å². The van der Waals surface area contributed by atoms with E-state index in [9.17, 15) is 4.79 Å². The van der Waals surface area contributed by atoms with Crippen molar-refractivity contribution in [2.75, 3.05) is 13.1 Å². The fourth-order valence-corrected chi connectivity index (χ4v) is 2.43. The first-order chi connectivity index (χ1) is 9.43. The van der Waals surface area contributed by atoms with Crippen molar-refractivity contribution in [3.05, 3.63) is 47.2 Å². The summed E-state index contributed by atoms with van der Waals surface area (Å²) in [6.07, 6.45) is 0. The summed E-state index contributed by atoms with van der Waals surface area (Å²) in [7, 11) is 0. The van der Waals surface area contributed by atoms with Gasteiger partial charge in [-0.2, -0.15) is 0 Å². The number of fused-ring (bicyclic) bond motifs is 1. The van der Waals surface area contributed by atoms with Crippen LogP contribution in [0.15, 0.2) is 30.4 Å². The number of rotatable bonds is 4. The van der Waals surface area contributed by atoms with Gasteiger partial charge in [-0.25, -0.2) is 0 Å². The van der Waals surface area contributed by atoms with Crippen molar-refractivity contribution < 1.29 is 4.79 Å². The second-order valence-corrected chi connectivity index (χ2v) is 5.41. The van der Waals surface area contributed by atoms with E-state index in [-0.39, 0.29) is 5.91 Å². The van der Waals surface area contributed by atoms with Gasteiger partial charge in [0.2, 0.25) is 0 Å². The summed E-state index contributed by atoms with van der Waals surface area (Å²) in [6.45, 7) is 13.2. The smallest absolute Gasteiger partial charge is 0.254 e. The number of aromatic nitrogens is 1. The van der Waals surface area contributed by atoms with Crippen molar-refractivity contribution in [1.29, 1.82) is 0 Å². The lowest BCUT2D eigenvalue weighted by atomic mass is 10.1. The Labute approximate surface area is 120 Å². The molecule has 0 fully saturated rings. The molecule has 0 saturated carbocycles. The third kappa shape index (κ3) is 2.62. The number of H-pyrrole nitrogens is 1. The summed E-state index contributed by atoms with van der Waals surface area (Å²) >= 11 is 0. The third-order valence-electron chi connectivity index (χ3n) is 3.68. The van der Waals surface area contributed by atoms with E-state index in [4.69, 9.17) is 0 Å². The highest BCUT2D eigenvalue weighted by atomic mass is 16.2. The lowest BCUT2D eigenvalue weighted by molar-refractivity contribution is 0.0778. The normalized spacial score (nSPS) is 10.8. The highest BCUT2D eigenvalue weighted by Gasteiger charge is 2.15. The molecule has 3 heteroatoms. The molecule has 0 saturated heterocycles. The van der Waals surface area contributed by atoms with Gasteiger partial charge in [0.1, 0.15) is 0 Å². The van der Waals surface area contributed by atoms with Crippen LogP contribution >= 0.6 is 0 Å². The van der Waals surface area contributed by atoms with E-state index >= 15 is 0 Å². The van der Waals surface area contributed by atoms with Crippen LogP contribution in [0.2, 0.25) is 0 Å². The maximum atomic E-state index is 12.5. The molecule has 106 valence electrons. The highest BCUT2D eigenvalue weighted by Crippen LogP contribution is 2.23. The van der Waals surface area contributed by atoms with Crippen molar-refractivity contribution in [3.63, 3.8) is 0 Å². The number of nitrogens with one attached hydrogen (secondary N) is 1. The van der Waals surface area contributed by atoms with E-state index in [1.165, 1.54) is 5.56 Å². The van der Waals surface area contributed by atoms with Crippen molar-refractivity contribution in [2.45, 2.75) is 27.7 Å². The molecule has 0 unspecified atom stereocenters. The van der Waals surface area contributed by atoms with Crippen LogP contribution in [0.5, 0.6) is 0 Å². The molecule has 1 aromatic heterocycles. The number of aryl methyl sites for hydroxylation is 2. The van der Waals surface area contributed by atoms with Gasteiger partial charge in [0.05, 0.1) is 0 Å². The standard InChI is InChI=1S/C17H22N2O/c1-6-19(10-11(2)3)17(20)14-7-8-16-15(9-14)12(4)13(5)18-16/h7-9,18H,2,6,10H2,1,3-5H3. The number of hydrogen-bond acceptors (Lipinski definition) is 1. The first-order valence-electron chi connectivity index (χ1n) is 6.96. The number of nitrogens with zero attached hydrogens (tertiary/aromatic N) is 1. The summed E-state index contributed by atoms with van der Waals surface area (Å²) < 4.78 is 0. The zero-order valence-corrected chi connectivity index (χ0v) is 12.7. The molecule has 0 aliphatic heterocycles. The molecule has 1 amide bonds. The summed E-state index contributed by atoms with van der Waals surface area (Å²) in [6, 6.07) is 5.86. The van der Waals surface area contributed by atoms with Crippen molar-refractivity contribution in [1.82, 2.24) is 9.88 Å². The quantitative estimate of drug-likeness (QED) is 0.842. The Morgan fingerprint density at radius 3 is 2.65 bits per heavy atom. The molecule has 2 rings (SSSR count). The van der Waals surface area contributed by atoms with Crippen LogP contribution in [0, 0.1) is 13.8 Å². The van der Waals surface area contributed by atoms with Crippen molar-refractivity contribution in [2.24, 2.45) is 0 Å². The van der Waals surface area contributed by atoms with Crippen LogP contribution < -0.4 is 0 Å². The van der Waals surface area contributed by atoms with Crippen LogP contribution in [0.3, 0.4) is 0 Å². The van der Waals surface area contributed by atoms with Crippen LogP contribution in [0.1, 0.15) is 35.5 Å². The monoisotopic (exact) mass is 270 g/mol. The maximum Gasteiger partial charge on any atom is 0.254 e. The molecule has 1 N–H and O–H groups in total. The maximum absolute atomic E-state index is 12.5. The van der Waals surface area contributed by atoms with Gasteiger partial charge in [-0.3, -0.25) is 4.79 Å². The fraction of sp³-hybridized carbons (Fsp3) is 0.353. The van der Waals surface area contributed by atoms with Gasteiger partial charge in [0.25, 0.3) is 5.91 Å². The molecular weight excluding hydrogens is 248 g/mol. The minimum absolute atomic E-state index is 0.0654. The van der Waals surface area contributed by atoms with Gasteiger partial charge >= 0.3 is 0 Å². The average Bonchev–Trinajstić information content (AvgIpc) is 2.70. The SMILES string of the molecule is C=C(C)CN(CC)C(=O)c1ccc2[nH]c(C)c(C)c2c1. The molecule has 1 aromatic carbocycles. The van der Waals surface area contributed by atoms with Crippen LogP contribution in [-0.2, 0) is 0 Å². The zero-order chi connectivity index (χ0) is 14.9. The summed E-state index contributed by atoms with van der Waals surface area (Å²) in [5.41, 5.74) is 5.17. The average molecular weight is 270 g/mol. The molecule has 1 heterocycles. The Bertz CT molecular complexity index is 667. The fourth-order valence-electron chi connectivity index (χ4n) is 2.43. The Balaban J connectivity index is 2.39. The summed E-state index contributed by atoms with van der Waals surface area (Å²) in [5, 5.41) is 1.12. The number of aromatic amines is 1. The molecule has 0 aliphatic carbocycles. The van der Waals surface area contributed by atoms with Crippen molar-refractivity contribution in [3.8, 4) is 0 Å². The lowest BCUT2D eigenvalue weighted by Gasteiger charge is -2.21. The van der Waals surface area contributed by atoms with E-state index in [0.717, 1.165) is 27.7 Å². The van der Waals surface area contributed by atoms with Gasteiger partial charge < -0.3 is 9.88 Å². The van der Waals surface area contributed by atoms with E-state index in [1.54, 1.807) is 0 Å². The van der Waals surface area contributed by atoms with Gasteiger partial charge in [-0.05, 0) is 51.5 Å². The lowest BCUT2D eigenvalue weighted by Crippen LogP contribution is -2.32. The Morgan fingerprint density at radius 1 is 1.35 bits per heavy atom. The molecule has 0 radical (unpaired) electrons. The highest BCUT2D eigenvalue weighted by molar-refractivity contribution is 5.99. The number of carbonyl (C=O) groups excluding carboxylic acids is 1. The Morgan fingerprint density at radius 2 is 2.05 bits per heavy atom. The molecule has 0 bridgehead atoms. The second-order valence-electron chi connectivity index (χ2n) is 5.41. The largest absolute Gasteiger partial charge is 0.358 e. The van der Waals surface area contributed by atoms with Crippen LogP contribution in [-0.4, -0.2) is 28.9 Å². The van der Waals surface area contributed by atoms with E-state index in [1.807, 2.05) is 36.9 Å². The molecule has 0 atom stereocenters. The molecule has 0 spiro atoms. The predicted octanol–water partition coefficient (Wildman–Crippen LogP) is 3.82. The van der Waals surface area contributed by atoms with Gasteiger partial charge in [-0.15, -0.1) is 0 Å². The number of benzene rings is 1. The third-order valence-corrected chi connectivity index (χ3v) is 3.68. The molecule has 20 heavy (non-hydrogen) atoms. The van der Waals surface area contributed by atoms with Crippen LogP contribution in [0.4, 0.5) is 0 Å². The predicted molar refractivity (Wildman–Crippen MR) is 84.2 cm³/mol. The number of carbonyl (C=O) groups is 1. The number of hydrogen-bond donors (Lipinski definition) is 1. The summed E-state index contributed by atoms with van der Waals surface area (Å²) in [4.78, 5) is 17.7. The van der Waals surface area contributed by atoms with Gasteiger partial charge in [0.15, 0.2) is 0 Å². The van der Waals surface area contributed by atoms with Gasteiger partial charge in [-0.1, -0.05) is 12.2 Å². The minimum Gasteiger partial charge on any atom is -0.358 e. The molecule has 2 aromatic rings. The first-order valence-corrected chi connectivity index (χ1v) is 6.96. The molecular formula is C17H22N2O. The first kappa shape index (κ1) is 14.4. The molecule has 0 aliphatic rings. The summed E-state index contributed by atoms with van der Waals surface area (Å²) in [5.74, 6) is 0.0654. The van der Waals surface area contributed by atoms with Crippen molar-refractivity contribution >= 4 is 16.8 Å². The molecule has 3 nitrogen and oxygen atoms in total.